The SMILES string of the molecule is CC(C)c1nc(Cl)cc(-n2ccc(C3CC3)n2)n1. The summed E-state index contributed by atoms with van der Waals surface area (Å²) in [4.78, 5) is 8.73. The Bertz CT molecular complexity index is 572. The molecule has 3 rings (SSSR count). The molecule has 2 aromatic rings. The third kappa shape index (κ3) is 2.25. The van der Waals surface area contributed by atoms with Gasteiger partial charge in [-0.2, -0.15) is 5.10 Å². The summed E-state index contributed by atoms with van der Waals surface area (Å²) in [6, 6.07) is 3.81. The normalized spacial score (nSPS) is 15.3. The number of rotatable bonds is 3. The van der Waals surface area contributed by atoms with E-state index in [1.165, 1.54) is 12.8 Å². The van der Waals surface area contributed by atoms with Crippen molar-refractivity contribution in [3.8, 4) is 5.82 Å². The second kappa shape index (κ2) is 4.35. The number of hydrogen-bond donors (Lipinski definition) is 0. The van der Waals surface area contributed by atoms with Crippen LogP contribution in [0.1, 0.15) is 50.0 Å². The van der Waals surface area contributed by atoms with E-state index in [1.807, 2.05) is 20.0 Å². The fraction of sp³-hybridized carbons (Fsp3) is 0.462. The van der Waals surface area contributed by atoms with E-state index >= 15 is 0 Å². The average molecular weight is 263 g/mol. The Labute approximate surface area is 111 Å². The van der Waals surface area contributed by atoms with Crippen molar-refractivity contribution in [1.29, 1.82) is 0 Å². The Morgan fingerprint density at radius 1 is 1.33 bits per heavy atom. The summed E-state index contributed by atoms with van der Waals surface area (Å²) in [6.07, 6.45) is 4.44. The predicted octanol–water partition coefficient (Wildman–Crippen LogP) is 3.32. The smallest absolute Gasteiger partial charge is 0.158 e. The third-order valence-corrected chi connectivity index (χ3v) is 3.25. The minimum atomic E-state index is 0.251. The zero-order valence-corrected chi connectivity index (χ0v) is 11.2. The minimum Gasteiger partial charge on any atom is -0.222 e. The lowest BCUT2D eigenvalue weighted by Crippen LogP contribution is -2.05. The van der Waals surface area contributed by atoms with Gasteiger partial charge in [0, 0.05) is 24.1 Å². The topological polar surface area (TPSA) is 43.6 Å². The summed E-state index contributed by atoms with van der Waals surface area (Å²) in [7, 11) is 0. The molecule has 4 nitrogen and oxygen atoms in total. The van der Waals surface area contributed by atoms with E-state index < -0.39 is 0 Å². The van der Waals surface area contributed by atoms with Gasteiger partial charge >= 0.3 is 0 Å². The van der Waals surface area contributed by atoms with E-state index in [-0.39, 0.29) is 5.92 Å². The molecule has 5 heteroatoms. The number of aromatic nitrogens is 4. The van der Waals surface area contributed by atoms with Gasteiger partial charge in [0.15, 0.2) is 5.82 Å². The lowest BCUT2D eigenvalue weighted by molar-refractivity contribution is 0.739. The van der Waals surface area contributed by atoms with Crippen LogP contribution in [0.4, 0.5) is 0 Å². The van der Waals surface area contributed by atoms with E-state index in [4.69, 9.17) is 11.6 Å². The Morgan fingerprint density at radius 2 is 2.11 bits per heavy atom. The van der Waals surface area contributed by atoms with Crippen molar-refractivity contribution in [3.05, 3.63) is 35.0 Å². The lowest BCUT2D eigenvalue weighted by atomic mass is 10.2. The number of hydrogen-bond acceptors (Lipinski definition) is 3. The van der Waals surface area contributed by atoms with Gasteiger partial charge in [-0.3, -0.25) is 0 Å². The molecule has 1 aliphatic carbocycles. The molecular weight excluding hydrogens is 248 g/mol. The van der Waals surface area contributed by atoms with Gasteiger partial charge in [0.25, 0.3) is 0 Å². The molecule has 1 aliphatic rings. The van der Waals surface area contributed by atoms with Crippen LogP contribution in [-0.2, 0) is 0 Å². The second-order valence-corrected chi connectivity index (χ2v) is 5.41. The molecule has 2 aromatic heterocycles. The summed E-state index contributed by atoms with van der Waals surface area (Å²) in [5, 5.41) is 5.02. The molecule has 1 fully saturated rings. The van der Waals surface area contributed by atoms with Crippen LogP contribution in [0.25, 0.3) is 5.82 Å². The molecule has 0 spiro atoms. The van der Waals surface area contributed by atoms with Gasteiger partial charge in [-0.25, -0.2) is 14.6 Å². The van der Waals surface area contributed by atoms with Crippen molar-refractivity contribution in [2.75, 3.05) is 0 Å². The molecule has 0 N–H and O–H groups in total. The van der Waals surface area contributed by atoms with Crippen LogP contribution >= 0.6 is 11.6 Å². The van der Waals surface area contributed by atoms with Crippen LogP contribution in [0.5, 0.6) is 0 Å². The van der Waals surface area contributed by atoms with E-state index in [1.54, 1.807) is 10.7 Å². The van der Waals surface area contributed by atoms with Gasteiger partial charge in [-0.05, 0) is 18.9 Å². The van der Waals surface area contributed by atoms with Crippen molar-refractivity contribution in [2.45, 2.75) is 38.5 Å². The number of halogens is 1. The monoisotopic (exact) mass is 262 g/mol. The van der Waals surface area contributed by atoms with E-state index in [2.05, 4.69) is 21.1 Å². The minimum absolute atomic E-state index is 0.251. The Balaban J connectivity index is 1.98. The highest BCUT2D eigenvalue weighted by Gasteiger charge is 2.26. The summed E-state index contributed by atoms with van der Waals surface area (Å²) >= 11 is 6.03. The van der Waals surface area contributed by atoms with Crippen LogP contribution in [0.3, 0.4) is 0 Å². The molecule has 0 radical (unpaired) electrons. The Kier molecular flexibility index (Phi) is 2.82. The average Bonchev–Trinajstić information content (AvgIpc) is 3.06. The number of nitrogens with zero attached hydrogens (tertiary/aromatic N) is 4. The highest BCUT2D eigenvalue weighted by Crippen LogP contribution is 2.39. The maximum absolute atomic E-state index is 6.03. The van der Waals surface area contributed by atoms with Crippen LogP contribution < -0.4 is 0 Å². The summed E-state index contributed by atoms with van der Waals surface area (Å²) in [5.41, 5.74) is 1.15. The van der Waals surface area contributed by atoms with Crippen LogP contribution in [0.2, 0.25) is 5.15 Å². The predicted molar refractivity (Wildman–Crippen MR) is 70.2 cm³/mol. The Hall–Kier alpha value is -1.42. The molecular formula is C13H15ClN4. The standard InChI is InChI=1S/C13H15ClN4/c1-8(2)13-15-11(14)7-12(16-13)18-6-5-10(17-18)9-3-4-9/h5-9H,3-4H2,1-2H3. The maximum atomic E-state index is 6.03. The van der Waals surface area contributed by atoms with Crippen molar-refractivity contribution < 1.29 is 0 Å². The zero-order chi connectivity index (χ0) is 12.7. The Morgan fingerprint density at radius 3 is 2.78 bits per heavy atom. The molecule has 0 aromatic carbocycles. The first-order chi connectivity index (χ1) is 8.63. The summed E-state index contributed by atoms with van der Waals surface area (Å²) < 4.78 is 1.78. The van der Waals surface area contributed by atoms with Crippen molar-refractivity contribution in [2.24, 2.45) is 0 Å². The molecule has 0 aliphatic heterocycles. The van der Waals surface area contributed by atoms with Crippen molar-refractivity contribution in [1.82, 2.24) is 19.7 Å². The van der Waals surface area contributed by atoms with E-state index in [0.717, 1.165) is 17.3 Å². The molecule has 0 saturated heterocycles. The lowest BCUT2D eigenvalue weighted by Gasteiger charge is -2.07. The van der Waals surface area contributed by atoms with Gasteiger partial charge in [-0.15, -0.1) is 0 Å². The van der Waals surface area contributed by atoms with E-state index in [9.17, 15) is 0 Å². The fourth-order valence-corrected chi connectivity index (χ4v) is 2.05. The van der Waals surface area contributed by atoms with Crippen LogP contribution in [0.15, 0.2) is 18.3 Å². The summed E-state index contributed by atoms with van der Waals surface area (Å²) in [5.74, 6) is 2.39. The molecule has 94 valence electrons. The molecule has 0 unspecified atom stereocenters. The molecule has 0 amide bonds. The fourth-order valence-electron chi connectivity index (χ4n) is 1.86. The highest BCUT2D eigenvalue weighted by molar-refractivity contribution is 6.29. The largest absolute Gasteiger partial charge is 0.222 e. The highest BCUT2D eigenvalue weighted by atomic mass is 35.5. The first-order valence-electron chi connectivity index (χ1n) is 6.24. The first kappa shape index (κ1) is 11.7. The molecule has 2 heterocycles. The maximum Gasteiger partial charge on any atom is 0.158 e. The third-order valence-electron chi connectivity index (χ3n) is 3.06. The second-order valence-electron chi connectivity index (χ2n) is 5.02. The van der Waals surface area contributed by atoms with Crippen LogP contribution in [-0.4, -0.2) is 19.7 Å². The van der Waals surface area contributed by atoms with Gasteiger partial charge in [-0.1, -0.05) is 25.4 Å². The van der Waals surface area contributed by atoms with Gasteiger partial charge in [0.2, 0.25) is 0 Å². The van der Waals surface area contributed by atoms with Crippen molar-refractivity contribution >= 4 is 11.6 Å². The molecule has 0 bridgehead atoms. The molecule has 1 saturated carbocycles. The van der Waals surface area contributed by atoms with Gasteiger partial charge < -0.3 is 0 Å². The van der Waals surface area contributed by atoms with E-state index in [0.29, 0.717) is 11.1 Å². The van der Waals surface area contributed by atoms with Crippen molar-refractivity contribution in [3.63, 3.8) is 0 Å². The zero-order valence-electron chi connectivity index (χ0n) is 10.5. The quantitative estimate of drug-likeness (QED) is 0.797. The van der Waals surface area contributed by atoms with Gasteiger partial charge in [0.05, 0.1) is 5.69 Å². The molecule has 18 heavy (non-hydrogen) atoms. The first-order valence-corrected chi connectivity index (χ1v) is 6.61. The van der Waals surface area contributed by atoms with Crippen LogP contribution in [0, 0.1) is 0 Å². The van der Waals surface area contributed by atoms with Gasteiger partial charge in [0.1, 0.15) is 11.0 Å². The molecule has 0 atom stereocenters. The summed E-state index contributed by atoms with van der Waals surface area (Å²) in [6.45, 7) is 4.10.